The van der Waals surface area contributed by atoms with Crippen molar-refractivity contribution in [1.82, 2.24) is 0 Å². The fourth-order valence-corrected chi connectivity index (χ4v) is 3.88. The molecule has 0 amide bonds. The van der Waals surface area contributed by atoms with Gasteiger partial charge in [-0.15, -0.1) is 0 Å². The van der Waals surface area contributed by atoms with Crippen LogP contribution >= 0.6 is 23.2 Å². The van der Waals surface area contributed by atoms with Crippen molar-refractivity contribution < 1.29 is 13.9 Å². The first-order chi connectivity index (χ1) is 16.6. The van der Waals surface area contributed by atoms with Crippen LogP contribution in [0.5, 0.6) is 5.75 Å². The number of hydrogen-bond acceptors (Lipinski definition) is 4. The second-order valence-electron chi connectivity index (χ2n) is 7.48. The monoisotopic (exact) mass is 485 g/mol. The van der Waals surface area contributed by atoms with Gasteiger partial charge in [0.1, 0.15) is 17.1 Å². The van der Waals surface area contributed by atoms with Gasteiger partial charge in [0.2, 0.25) is 0 Å². The van der Waals surface area contributed by atoms with Gasteiger partial charge in [-0.05, 0) is 54.6 Å². The lowest BCUT2D eigenvalue weighted by atomic mass is 10.1. The van der Waals surface area contributed by atoms with Crippen LogP contribution in [0.2, 0.25) is 10.0 Å². The Hall–Kier alpha value is -3.86. The molecule has 0 bridgehead atoms. The Morgan fingerprint density at radius 2 is 1.53 bits per heavy atom. The molecule has 34 heavy (non-hydrogen) atoms. The largest absolute Gasteiger partial charge is 0.456 e. The van der Waals surface area contributed by atoms with E-state index in [0.717, 1.165) is 10.9 Å². The molecule has 0 aliphatic heterocycles. The van der Waals surface area contributed by atoms with Gasteiger partial charge >= 0.3 is 5.97 Å². The molecule has 0 radical (unpaired) electrons. The van der Waals surface area contributed by atoms with Crippen LogP contribution in [-0.2, 0) is 0 Å². The van der Waals surface area contributed by atoms with Crippen LogP contribution in [0.15, 0.2) is 113 Å². The van der Waals surface area contributed by atoms with Crippen molar-refractivity contribution in [1.29, 1.82) is 0 Å². The second kappa shape index (κ2) is 9.56. The van der Waals surface area contributed by atoms with E-state index in [-0.39, 0.29) is 0 Å². The first-order valence-electron chi connectivity index (χ1n) is 10.5. The molecule has 0 saturated heterocycles. The molecule has 0 fully saturated rings. The number of hydrogen-bond donors (Lipinski definition) is 0. The molecule has 0 atom stereocenters. The number of fused-ring (bicyclic) bond motifs is 1. The Morgan fingerprint density at radius 3 is 2.29 bits per heavy atom. The van der Waals surface area contributed by atoms with E-state index in [9.17, 15) is 4.79 Å². The van der Waals surface area contributed by atoms with E-state index in [4.69, 9.17) is 37.3 Å². The molecule has 0 saturated carbocycles. The SMILES string of the molecule is O=C(Oc1ccc(N=c2cc(-c3ccccc3)oc3ccc(Cl)cc23)cc1)c1ccccc1Cl. The third kappa shape index (κ3) is 4.74. The number of nitrogens with zero attached hydrogens (tertiary/aromatic N) is 1. The van der Waals surface area contributed by atoms with Gasteiger partial charge < -0.3 is 9.15 Å². The molecule has 0 aliphatic carbocycles. The fraction of sp³-hybridized carbons (Fsp3) is 0. The van der Waals surface area contributed by atoms with Crippen molar-refractivity contribution in [2.45, 2.75) is 0 Å². The number of benzene rings is 4. The first-order valence-corrected chi connectivity index (χ1v) is 11.2. The fourth-order valence-electron chi connectivity index (χ4n) is 3.49. The third-order valence-corrected chi connectivity index (χ3v) is 5.72. The summed E-state index contributed by atoms with van der Waals surface area (Å²) in [6.07, 6.45) is 0. The molecule has 0 N–H and O–H groups in total. The third-order valence-electron chi connectivity index (χ3n) is 5.15. The zero-order chi connectivity index (χ0) is 23.5. The first kappa shape index (κ1) is 22.0. The van der Waals surface area contributed by atoms with E-state index in [2.05, 4.69) is 0 Å². The van der Waals surface area contributed by atoms with E-state index in [0.29, 0.717) is 43.7 Å². The predicted molar refractivity (Wildman–Crippen MR) is 135 cm³/mol. The van der Waals surface area contributed by atoms with Gasteiger partial charge in [0.25, 0.3) is 0 Å². The number of carbonyl (C=O) groups excluding carboxylic acids is 1. The molecule has 0 spiro atoms. The van der Waals surface area contributed by atoms with Crippen molar-refractivity contribution >= 4 is 45.8 Å². The average Bonchev–Trinajstić information content (AvgIpc) is 2.86. The number of esters is 1. The number of carbonyl (C=O) groups is 1. The highest BCUT2D eigenvalue weighted by atomic mass is 35.5. The summed E-state index contributed by atoms with van der Waals surface area (Å²) in [5.74, 6) is 0.567. The van der Waals surface area contributed by atoms with Crippen LogP contribution in [-0.4, -0.2) is 5.97 Å². The molecule has 0 aliphatic rings. The van der Waals surface area contributed by atoms with E-state index in [1.165, 1.54) is 0 Å². The van der Waals surface area contributed by atoms with Crippen molar-refractivity contribution in [3.05, 3.63) is 124 Å². The van der Waals surface area contributed by atoms with Gasteiger partial charge in [0.15, 0.2) is 0 Å². The lowest BCUT2D eigenvalue weighted by Gasteiger charge is -2.07. The molecular weight excluding hydrogens is 469 g/mol. The quantitative estimate of drug-likeness (QED) is 0.192. The van der Waals surface area contributed by atoms with Crippen LogP contribution in [0.1, 0.15) is 10.4 Å². The van der Waals surface area contributed by atoms with Gasteiger partial charge in [-0.2, -0.15) is 0 Å². The van der Waals surface area contributed by atoms with E-state index in [1.54, 1.807) is 54.6 Å². The van der Waals surface area contributed by atoms with E-state index in [1.807, 2.05) is 48.5 Å². The van der Waals surface area contributed by atoms with Crippen molar-refractivity contribution in [3.8, 4) is 17.1 Å². The van der Waals surface area contributed by atoms with Crippen LogP contribution in [0.3, 0.4) is 0 Å². The van der Waals surface area contributed by atoms with Crippen molar-refractivity contribution in [3.63, 3.8) is 0 Å². The van der Waals surface area contributed by atoms with Gasteiger partial charge in [0.05, 0.1) is 21.6 Å². The lowest BCUT2D eigenvalue weighted by Crippen LogP contribution is -2.08. The number of rotatable bonds is 4. The van der Waals surface area contributed by atoms with Crippen LogP contribution in [0, 0.1) is 0 Å². The average molecular weight is 486 g/mol. The van der Waals surface area contributed by atoms with Crippen LogP contribution in [0.4, 0.5) is 5.69 Å². The van der Waals surface area contributed by atoms with Crippen LogP contribution in [0.25, 0.3) is 22.3 Å². The lowest BCUT2D eigenvalue weighted by molar-refractivity contribution is 0.0735. The van der Waals surface area contributed by atoms with Crippen molar-refractivity contribution in [2.75, 3.05) is 0 Å². The molecule has 5 aromatic rings. The normalized spacial score (nSPS) is 11.5. The zero-order valence-corrected chi connectivity index (χ0v) is 19.3. The molecule has 6 heteroatoms. The Bertz CT molecular complexity index is 1560. The molecule has 4 aromatic carbocycles. The Labute approximate surface area is 205 Å². The highest BCUT2D eigenvalue weighted by molar-refractivity contribution is 6.33. The molecule has 4 nitrogen and oxygen atoms in total. The Kier molecular flexibility index (Phi) is 6.17. The summed E-state index contributed by atoms with van der Waals surface area (Å²) < 4.78 is 11.6. The Morgan fingerprint density at radius 1 is 0.794 bits per heavy atom. The second-order valence-corrected chi connectivity index (χ2v) is 8.32. The maximum Gasteiger partial charge on any atom is 0.345 e. The minimum absolute atomic E-state index is 0.308. The minimum atomic E-state index is -0.520. The maximum atomic E-state index is 12.4. The summed E-state index contributed by atoms with van der Waals surface area (Å²) in [6, 6.07) is 30.8. The number of halogens is 2. The summed E-state index contributed by atoms with van der Waals surface area (Å²) in [6.45, 7) is 0. The summed E-state index contributed by atoms with van der Waals surface area (Å²) >= 11 is 12.3. The van der Waals surface area contributed by atoms with E-state index >= 15 is 0 Å². The smallest absolute Gasteiger partial charge is 0.345 e. The summed E-state index contributed by atoms with van der Waals surface area (Å²) in [5, 5.41) is 2.44. The molecular formula is C28H17Cl2NO3. The predicted octanol–water partition coefficient (Wildman–Crippen LogP) is 7.86. The standard InChI is InChI=1S/C28H17Cl2NO3/c29-19-10-15-26-23(16-19)25(17-27(34-26)18-6-2-1-3-7-18)31-20-11-13-21(14-12-20)33-28(32)22-8-4-5-9-24(22)30/h1-17H. The summed E-state index contributed by atoms with van der Waals surface area (Å²) in [5.41, 5.74) is 2.61. The highest BCUT2D eigenvalue weighted by Gasteiger charge is 2.12. The van der Waals surface area contributed by atoms with Gasteiger partial charge in [0, 0.05) is 22.0 Å². The van der Waals surface area contributed by atoms with Gasteiger partial charge in [-0.1, -0.05) is 65.7 Å². The summed E-state index contributed by atoms with van der Waals surface area (Å²) in [7, 11) is 0. The van der Waals surface area contributed by atoms with Gasteiger partial charge in [-0.25, -0.2) is 9.79 Å². The minimum Gasteiger partial charge on any atom is -0.456 e. The maximum absolute atomic E-state index is 12.4. The number of ether oxygens (including phenoxy) is 1. The molecule has 1 heterocycles. The molecule has 0 unspecified atom stereocenters. The molecule has 166 valence electrons. The van der Waals surface area contributed by atoms with Crippen LogP contribution < -0.4 is 10.1 Å². The molecule has 1 aromatic heterocycles. The molecule has 5 rings (SSSR count). The topological polar surface area (TPSA) is 51.8 Å². The van der Waals surface area contributed by atoms with Crippen molar-refractivity contribution in [2.24, 2.45) is 4.99 Å². The van der Waals surface area contributed by atoms with Gasteiger partial charge in [-0.3, -0.25) is 0 Å². The Balaban J connectivity index is 1.51. The summed E-state index contributed by atoms with van der Waals surface area (Å²) in [4.78, 5) is 17.2. The van der Waals surface area contributed by atoms with E-state index < -0.39 is 5.97 Å². The highest BCUT2D eigenvalue weighted by Crippen LogP contribution is 2.25. The zero-order valence-electron chi connectivity index (χ0n) is 17.7.